The Morgan fingerprint density at radius 1 is 1.23 bits per heavy atom. The van der Waals surface area contributed by atoms with Crippen LogP contribution in [0.4, 0.5) is 5.95 Å². The highest BCUT2D eigenvalue weighted by Gasteiger charge is 2.23. The second kappa shape index (κ2) is 7.22. The molecule has 0 amide bonds. The zero-order valence-electron chi connectivity index (χ0n) is 14.1. The molecule has 3 aromatic rings. The summed E-state index contributed by atoms with van der Waals surface area (Å²) >= 11 is 0. The van der Waals surface area contributed by atoms with Crippen molar-refractivity contribution in [1.82, 2.24) is 25.0 Å². The highest BCUT2D eigenvalue weighted by molar-refractivity contribution is 5.72. The van der Waals surface area contributed by atoms with E-state index in [4.69, 9.17) is 9.84 Å². The Morgan fingerprint density at radius 2 is 2.08 bits per heavy atom. The summed E-state index contributed by atoms with van der Waals surface area (Å²) < 4.78 is 7.01. The van der Waals surface area contributed by atoms with Gasteiger partial charge in [0.2, 0.25) is 5.95 Å². The zero-order valence-corrected chi connectivity index (χ0v) is 14.1. The Bertz CT molecular complexity index is 882. The summed E-state index contributed by atoms with van der Waals surface area (Å²) in [5.74, 6) is 1.17. The number of aliphatic hydroxyl groups excluding tert-OH is 2. The predicted molar refractivity (Wildman–Crippen MR) is 94.3 cm³/mol. The average Bonchev–Trinajstić information content (AvgIpc) is 3.26. The van der Waals surface area contributed by atoms with E-state index in [1.807, 2.05) is 12.1 Å². The Balaban J connectivity index is 1.58. The van der Waals surface area contributed by atoms with Gasteiger partial charge in [0, 0.05) is 6.04 Å². The molecule has 0 radical (unpaired) electrons. The van der Waals surface area contributed by atoms with E-state index in [1.54, 1.807) is 23.0 Å². The number of fused-ring (bicyclic) bond motifs is 1. The van der Waals surface area contributed by atoms with Crippen molar-refractivity contribution in [3.63, 3.8) is 0 Å². The lowest BCUT2D eigenvalue weighted by Gasteiger charge is -2.11. The molecular formula is C17H20N6O3. The van der Waals surface area contributed by atoms with E-state index in [-0.39, 0.29) is 25.4 Å². The van der Waals surface area contributed by atoms with Crippen LogP contribution in [-0.4, -0.2) is 60.5 Å². The molecule has 2 heterocycles. The molecule has 0 unspecified atom stereocenters. The van der Waals surface area contributed by atoms with Gasteiger partial charge in [-0.2, -0.15) is 9.67 Å². The topological polar surface area (TPSA) is 118 Å². The molecule has 0 saturated heterocycles. The van der Waals surface area contributed by atoms with Gasteiger partial charge in [0.05, 0.1) is 24.6 Å². The van der Waals surface area contributed by atoms with Gasteiger partial charge in [-0.1, -0.05) is 5.21 Å². The van der Waals surface area contributed by atoms with Crippen molar-refractivity contribution in [3.8, 4) is 11.4 Å². The third-order valence-electron chi connectivity index (χ3n) is 4.37. The number of nitrogens with zero attached hydrogens (tertiary/aromatic N) is 5. The summed E-state index contributed by atoms with van der Waals surface area (Å²) in [7, 11) is 0. The second-order valence-corrected chi connectivity index (χ2v) is 6.28. The number of benzene rings is 1. The van der Waals surface area contributed by atoms with Crippen LogP contribution in [0.1, 0.15) is 19.3 Å². The molecule has 26 heavy (non-hydrogen) atoms. The lowest BCUT2D eigenvalue weighted by Crippen LogP contribution is -2.18. The molecule has 136 valence electrons. The van der Waals surface area contributed by atoms with E-state index >= 15 is 0 Å². The van der Waals surface area contributed by atoms with Crippen molar-refractivity contribution in [1.29, 1.82) is 0 Å². The number of ether oxygens (including phenoxy) is 1. The molecule has 1 aliphatic carbocycles. The molecule has 0 spiro atoms. The molecule has 9 heteroatoms. The van der Waals surface area contributed by atoms with Gasteiger partial charge >= 0.3 is 0 Å². The van der Waals surface area contributed by atoms with Gasteiger partial charge in [-0.15, -0.1) is 5.10 Å². The SMILES string of the molecule is OCCOc1ccc(-n2nnc3cnc(N[C@@H]4CC[C@@H](O)C4)nc32)cc1. The molecule has 4 rings (SSSR count). The first kappa shape index (κ1) is 16.7. The van der Waals surface area contributed by atoms with Gasteiger partial charge in [0.25, 0.3) is 0 Å². The fourth-order valence-electron chi connectivity index (χ4n) is 3.09. The Labute approximate surface area is 149 Å². The number of anilines is 1. The van der Waals surface area contributed by atoms with Crippen molar-refractivity contribution in [3.05, 3.63) is 30.5 Å². The Morgan fingerprint density at radius 3 is 2.81 bits per heavy atom. The molecule has 0 bridgehead atoms. The van der Waals surface area contributed by atoms with Crippen LogP contribution in [0.15, 0.2) is 30.5 Å². The van der Waals surface area contributed by atoms with Crippen LogP contribution in [0.5, 0.6) is 5.75 Å². The number of aliphatic hydroxyl groups is 2. The number of rotatable bonds is 6. The van der Waals surface area contributed by atoms with Crippen LogP contribution < -0.4 is 10.1 Å². The van der Waals surface area contributed by atoms with Crippen molar-refractivity contribution < 1.29 is 14.9 Å². The van der Waals surface area contributed by atoms with Crippen molar-refractivity contribution in [2.75, 3.05) is 18.5 Å². The zero-order chi connectivity index (χ0) is 17.9. The highest BCUT2D eigenvalue weighted by atomic mass is 16.5. The van der Waals surface area contributed by atoms with E-state index in [9.17, 15) is 5.11 Å². The van der Waals surface area contributed by atoms with Crippen molar-refractivity contribution in [2.24, 2.45) is 0 Å². The largest absolute Gasteiger partial charge is 0.491 e. The molecule has 3 N–H and O–H groups in total. The molecular weight excluding hydrogens is 336 g/mol. The minimum atomic E-state index is -0.255. The first-order chi connectivity index (χ1) is 12.7. The summed E-state index contributed by atoms with van der Waals surface area (Å²) in [6, 6.07) is 7.49. The van der Waals surface area contributed by atoms with Crippen LogP contribution in [0.2, 0.25) is 0 Å². The van der Waals surface area contributed by atoms with Gasteiger partial charge in [-0.05, 0) is 43.5 Å². The fraction of sp³-hybridized carbons (Fsp3) is 0.412. The van der Waals surface area contributed by atoms with Crippen LogP contribution >= 0.6 is 0 Å². The average molecular weight is 356 g/mol. The van der Waals surface area contributed by atoms with Gasteiger partial charge in [-0.25, -0.2) is 4.98 Å². The maximum Gasteiger partial charge on any atom is 0.225 e. The summed E-state index contributed by atoms with van der Waals surface area (Å²) in [4.78, 5) is 8.83. The molecule has 2 aromatic heterocycles. The van der Waals surface area contributed by atoms with Crippen molar-refractivity contribution in [2.45, 2.75) is 31.4 Å². The maximum atomic E-state index is 9.66. The van der Waals surface area contributed by atoms with E-state index in [0.29, 0.717) is 29.3 Å². The minimum absolute atomic E-state index is 0.0276. The quantitative estimate of drug-likeness (QED) is 0.596. The third kappa shape index (κ3) is 3.44. The summed E-state index contributed by atoms with van der Waals surface area (Å²) in [5, 5.41) is 30.0. The molecule has 2 atom stereocenters. The first-order valence-electron chi connectivity index (χ1n) is 8.60. The second-order valence-electron chi connectivity index (χ2n) is 6.28. The van der Waals surface area contributed by atoms with E-state index in [2.05, 4.69) is 25.6 Å². The molecule has 0 aliphatic heterocycles. The first-order valence-corrected chi connectivity index (χ1v) is 8.60. The molecule has 1 aliphatic rings. The van der Waals surface area contributed by atoms with E-state index in [1.165, 1.54) is 0 Å². The molecule has 1 aromatic carbocycles. The van der Waals surface area contributed by atoms with Gasteiger partial charge in [-0.3, -0.25) is 0 Å². The Kier molecular flexibility index (Phi) is 4.63. The van der Waals surface area contributed by atoms with Gasteiger partial charge < -0.3 is 20.3 Å². The van der Waals surface area contributed by atoms with Crippen molar-refractivity contribution >= 4 is 17.1 Å². The predicted octanol–water partition coefficient (Wildman–Crippen LogP) is 0.907. The lowest BCUT2D eigenvalue weighted by molar-refractivity contribution is 0.182. The van der Waals surface area contributed by atoms with Gasteiger partial charge in [0.15, 0.2) is 11.2 Å². The number of aromatic nitrogens is 5. The summed E-state index contributed by atoms with van der Waals surface area (Å²) in [5.41, 5.74) is 2.00. The van der Waals surface area contributed by atoms with Crippen LogP contribution in [0.3, 0.4) is 0 Å². The standard InChI is InChI=1S/C17H20N6O3/c24-7-8-26-14-5-2-12(3-6-14)23-16-15(21-22-23)10-18-17(20-16)19-11-1-4-13(25)9-11/h2-3,5-6,10-11,13,24-25H,1,4,7-9H2,(H,18,19,20)/t11-,13-/m1/s1. The molecule has 9 nitrogen and oxygen atoms in total. The summed E-state index contributed by atoms with van der Waals surface area (Å²) in [6.07, 6.45) is 3.78. The highest BCUT2D eigenvalue weighted by Crippen LogP contribution is 2.23. The minimum Gasteiger partial charge on any atom is -0.491 e. The van der Waals surface area contributed by atoms with Crippen LogP contribution in [-0.2, 0) is 0 Å². The third-order valence-corrected chi connectivity index (χ3v) is 4.37. The fourth-order valence-corrected chi connectivity index (χ4v) is 3.09. The maximum absolute atomic E-state index is 9.66. The van der Waals surface area contributed by atoms with Gasteiger partial charge in [0.1, 0.15) is 12.4 Å². The van der Waals surface area contributed by atoms with Crippen LogP contribution in [0.25, 0.3) is 16.9 Å². The number of nitrogens with one attached hydrogen (secondary N) is 1. The normalized spacial score (nSPS) is 19.8. The Hall–Kier alpha value is -2.78. The summed E-state index contributed by atoms with van der Waals surface area (Å²) in [6.45, 7) is 0.226. The van der Waals surface area contributed by atoms with Crippen LogP contribution in [0, 0.1) is 0 Å². The van der Waals surface area contributed by atoms with E-state index < -0.39 is 0 Å². The molecule has 1 saturated carbocycles. The molecule has 1 fully saturated rings. The number of hydrogen-bond acceptors (Lipinski definition) is 8. The lowest BCUT2D eigenvalue weighted by atomic mass is 10.2. The smallest absolute Gasteiger partial charge is 0.225 e. The monoisotopic (exact) mass is 356 g/mol. The number of hydrogen-bond donors (Lipinski definition) is 3. The van der Waals surface area contributed by atoms with E-state index in [0.717, 1.165) is 18.5 Å².